The molecule has 1 aliphatic rings. The number of nitrogens with zero attached hydrogens (tertiary/aromatic N) is 1. The van der Waals surface area contributed by atoms with Crippen molar-refractivity contribution in [3.8, 4) is 0 Å². The molecule has 0 bridgehead atoms. The van der Waals surface area contributed by atoms with E-state index in [0.29, 0.717) is 13.0 Å². The van der Waals surface area contributed by atoms with Crippen molar-refractivity contribution in [3.05, 3.63) is 35.6 Å². The van der Waals surface area contributed by atoms with E-state index in [1.807, 2.05) is 6.92 Å². The van der Waals surface area contributed by atoms with Crippen LogP contribution in [0.2, 0.25) is 0 Å². The molecule has 1 fully saturated rings. The van der Waals surface area contributed by atoms with Gasteiger partial charge in [-0.2, -0.15) is 13.2 Å². The van der Waals surface area contributed by atoms with Crippen molar-refractivity contribution in [2.75, 3.05) is 13.1 Å². The number of aliphatic carboxylic acids is 1. The van der Waals surface area contributed by atoms with Gasteiger partial charge in [0.1, 0.15) is 12.0 Å². The van der Waals surface area contributed by atoms with Gasteiger partial charge in [0.25, 0.3) is 0 Å². The van der Waals surface area contributed by atoms with Crippen LogP contribution in [0.1, 0.15) is 24.8 Å². The van der Waals surface area contributed by atoms with Gasteiger partial charge in [0.15, 0.2) is 0 Å². The predicted octanol–water partition coefficient (Wildman–Crippen LogP) is 2.46. The molecule has 0 saturated carbocycles. The molecule has 1 aromatic carbocycles. The monoisotopic (exact) mass is 382 g/mol. The van der Waals surface area contributed by atoms with Crippen LogP contribution in [0.5, 0.6) is 0 Å². The number of carbonyl (C=O) groups excluding carboxylic acids is 1. The van der Waals surface area contributed by atoms with E-state index in [0.717, 1.165) is 5.56 Å². The topological polar surface area (TPSA) is 83.6 Å². The number of hydrogen-bond donors (Lipinski definition) is 2. The van der Waals surface area contributed by atoms with Gasteiger partial charge in [-0.15, -0.1) is 0 Å². The first-order valence-corrected chi connectivity index (χ1v) is 7.67. The number of carboxylic acid groups (broad SMARTS) is 1. The average molecular weight is 382 g/mol. The molecule has 3 atom stereocenters. The number of halogens is 5. The molecule has 3 N–H and O–H groups in total. The molecule has 1 aromatic rings. The maximum Gasteiger partial charge on any atom is 0.490 e. The number of benzene rings is 1. The Labute approximate surface area is 146 Å². The van der Waals surface area contributed by atoms with Crippen LogP contribution in [-0.2, 0) is 9.59 Å². The van der Waals surface area contributed by atoms with Gasteiger partial charge < -0.3 is 15.7 Å². The third-order valence-corrected chi connectivity index (χ3v) is 3.90. The summed E-state index contributed by atoms with van der Waals surface area (Å²) in [6.45, 7) is 2.37. The van der Waals surface area contributed by atoms with Gasteiger partial charge in [-0.25, -0.2) is 13.6 Å². The van der Waals surface area contributed by atoms with Crippen LogP contribution >= 0.6 is 0 Å². The summed E-state index contributed by atoms with van der Waals surface area (Å²) in [5.74, 6) is -3.55. The normalized spacial score (nSPS) is 19.3. The van der Waals surface area contributed by atoms with Crippen LogP contribution in [0.15, 0.2) is 24.3 Å². The summed E-state index contributed by atoms with van der Waals surface area (Å²) in [4.78, 5) is 22.5. The van der Waals surface area contributed by atoms with Gasteiger partial charge >= 0.3 is 12.1 Å². The minimum atomic E-state index is -5.08. The van der Waals surface area contributed by atoms with Crippen molar-refractivity contribution in [2.24, 2.45) is 5.73 Å². The summed E-state index contributed by atoms with van der Waals surface area (Å²) in [5, 5.41) is 7.12. The fourth-order valence-corrected chi connectivity index (χ4v) is 2.32. The lowest BCUT2D eigenvalue weighted by Crippen LogP contribution is -2.45. The molecule has 5 nitrogen and oxygen atoms in total. The number of carboxylic acids is 1. The van der Waals surface area contributed by atoms with Gasteiger partial charge in [-0.3, -0.25) is 4.79 Å². The second-order valence-electron chi connectivity index (χ2n) is 5.84. The predicted molar refractivity (Wildman–Crippen MR) is 82.6 cm³/mol. The van der Waals surface area contributed by atoms with Crippen molar-refractivity contribution in [1.82, 2.24) is 4.90 Å². The van der Waals surface area contributed by atoms with Crippen LogP contribution in [0.3, 0.4) is 0 Å². The van der Waals surface area contributed by atoms with Crippen LogP contribution in [0.4, 0.5) is 22.0 Å². The highest BCUT2D eigenvalue weighted by Crippen LogP contribution is 2.22. The number of amides is 1. The number of carbonyl (C=O) groups is 2. The molecule has 146 valence electrons. The zero-order valence-corrected chi connectivity index (χ0v) is 13.8. The number of likely N-dealkylation sites (tertiary alicyclic amines) is 1. The van der Waals surface area contributed by atoms with E-state index in [9.17, 15) is 26.7 Å². The molecule has 0 aromatic heterocycles. The van der Waals surface area contributed by atoms with Gasteiger partial charge in [0, 0.05) is 12.5 Å². The fourth-order valence-electron chi connectivity index (χ4n) is 2.32. The summed E-state index contributed by atoms with van der Waals surface area (Å²) in [6.07, 6.45) is -5.65. The van der Waals surface area contributed by atoms with E-state index in [1.54, 1.807) is 12.1 Å². The lowest BCUT2D eigenvalue weighted by molar-refractivity contribution is -0.192. The highest BCUT2D eigenvalue weighted by atomic mass is 19.4. The third kappa shape index (κ3) is 6.25. The smallest absolute Gasteiger partial charge is 0.475 e. The number of nitrogens with two attached hydrogens (primary N) is 1. The van der Waals surface area contributed by atoms with E-state index in [2.05, 4.69) is 0 Å². The summed E-state index contributed by atoms with van der Waals surface area (Å²) in [5.41, 5.74) is 6.75. The third-order valence-electron chi connectivity index (χ3n) is 3.90. The van der Waals surface area contributed by atoms with E-state index >= 15 is 0 Å². The summed E-state index contributed by atoms with van der Waals surface area (Å²) in [6, 6.07) is 5.20. The first kappa shape index (κ1) is 21.8. The molecule has 2 rings (SSSR count). The van der Waals surface area contributed by atoms with Gasteiger partial charge in [0.05, 0.1) is 12.6 Å². The number of hydrogen-bond acceptors (Lipinski definition) is 3. The van der Waals surface area contributed by atoms with Crippen LogP contribution < -0.4 is 5.73 Å². The Kier molecular flexibility index (Phi) is 7.49. The molecular formula is C16H19F5N2O3. The van der Waals surface area contributed by atoms with Crippen molar-refractivity contribution in [1.29, 1.82) is 0 Å². The standard InChI is InChI=1S/C14H18F2N2O.C2HF3O2/c1-9(10-2-4-11(15)5-3-10)13(17)14(19)18-7-6-12(16)8-18;3-2(4,5)1(6)7/h2-5,9,12-13H,6-8,17H2,1H3;(H,6,7)/t9-,12-,13-;/m0./s1. The Morgan fingerprint density at radius 1 is 1.27 bits per heavy atom. The molecular weight excluding hydrogens is 363 g/mol. The highest BCUT2D eigenvalue weighted by molar-refractivity contribution is 5.83. The molecule has 0 radical (unpaired) electrons. The van der Waals surface area contributed by atoms with E-state index in [1.165, 1.54) is 17.0 Å². The van der Waals surface area contributed by atoms with Gasteiger partial charge in [-0.1, -0.05) is 19.1 Å². The van der Waals surface area contributed by atoms with E-state index < -0.39 is 24.4 Å². The zero-order valence-electron chi connectivity index (χ0n) is 13.8. The zero-order chi connectivity index (χ0) is 20.1. The number of alkyl halides is 4. The number of rotatable bonds is 3. The first-order chi connectivity index (χ1) is 11.9. The van der Waals surface area contributed by atoms with Crippen LogP contribution in [0.25, 0.3) is 0 Å². The molecule has 0 unspecified atom stereocenters. The lowest BCUT2D eigenvalue weighted by Gasteiger charge is -2.24. The Bertz CT molecular complexity index is 621. The highest BCUT2D eigenvalue weighted by Gasteiger charge is 2.38. The Hall–Kier alpha value is -2.23. The molecule has 10 heteroatoms. The van der Waals surface area contributed by atoms with Crippen molar-refractivity contribution >= 4 is 11.9 Å². The average Bonchev–Trinajstić information content (AvgIpc) is 2.99. The molecule has 0 aliphatic carbocycles. The van der Waals surface area contributed by atoms with Crippen molar-refractivity contribution < 1.29 is 36.6 Å². The van der Waals surface area contributed by atoms with Crippen molar-refractivity contribution in [3.63, 3.8) is 0 Å². The van der Waals surface area contributed by atoms with E-state index in [4.69, 9.17) is 15.6 Å². The second kappa shape index (κ2) is 8.93. The maximum absolute atomic E-state index is 13.1. The maximum atomic E-state index is 13.1. The van der Waals surface area contributed by atoms with Crippen molar-refractivity contribution in [2.45, 2.75) is 37.7 Å². The second-order valence-corrected chi connectivity index (χ2v) is 5.84. The summed E-state index contributed by atoms with van der Waals surface area (Å²) < 4.78 is 57.7. The van der Waals surface area contributed by atoms with Gasteiger partial charge in [-0.05, 0) is 24.1 Å². The molecule has 0 spiro atoms. The summed E-state index contributed by atoms with van der Waals surface area (Å²) in [7, 11) is 0. The van der Waals surface area contributed by atoms with Crippen LogP contribution in [-0.4, -0.2) is 53.4 Å². The molecule has 1 aliphatic heterocycles. The minimum absolute atomic E-state index is 0.128. The van der Waals surface area contributed by atoms with E-state index in [-0.39, 0.29) is 24.2 Å². The van der Waals surface area contributed by atoms with Gasteiger partial charge in [0.2, 0.25) is 5.91 Å². The largest absolute Gasteiger partial charge is 0.490 e. The molecule has 26 heavy (non-hydrogen) atoms. The minimum Gasteiger partial charge on any atom is -0.475 e. The quantitative estimate of drug-likeness (QED) is 0.787. The Morgan fingerprint density at radius 2 is 1.77 bits per heavy atom. The Balaban J connectivity index is 0.000000412. The molecule has 1 saturated heterocycles. The SMILES string of the molecule is C[C@@H](c1ccc(F)cc1)[C@H](N)C(=O)N1CC[C@H](F)C1.O=C(O)C(F)(F)F. The molecule has 1 amide bonds. The van der Waals surface area contributed by atoms with Crippen LogP contribution in [0, 0.1) is 5.82 Å². The molecule has 1 heterocycles. The Morgan fingerprint density at radius 3 is 2.15 bits per heavy atom. The fraction of sp³-hybridized carbons (Fsp3) is 0.500. The lowest BCUT2D eigenvalue weighted by atomic mass is 9.93. The first-order valence-electron chi connectivity index (χ1n) is 7.67. The summed E-state index contributed by atoms with van der Waals surface area (Å²) >= 11 is 0.